The summed E-state index contributed by atoms with van der Waals surface area (Å²) < 4.78 is 5.25. The smallest absolute Gasteiger partial charge is 0.321 e. The SMILES string of the molecule is CCc1ccccc1N1C[C@H](C(=O)O[C@H](C)C(=O)NC(=O)NC2CCCC2)CC1=O. The number of nitrogens with zero attached hydrogens (tertiary/aromatic N) is 1. The van der Waals surface area contributed by atoms with Gasteiger partial charge < -0.3 is 15.0 Å². The van der Waals surface area contributed by atoms with Crippen LogP contribution in [0, 0.1) is 5.92 Å². The van der Waals surface area contributed by atoms with Gasteiger partial charge in [-0.2, -0.15) is 0 Å². The highest BCUT2D eigenvalue weighted by atomic mass is 16.5. The van der Waals surface area contributed by atoms with Crippen LogP contribution in [0.4, 0.5) is 10.5 Å². The van der Waals surface area contributed by atoms with Gasteiger partial charge in [-0.25, -0.2) is 4.79 Å². The van der Waals surface area contributed by atoms with Gasteiger partial charge in [0.25, 0.3) is 5.91 Å². The van der Waals surface area contributed by atoms with Crippen molar-refractivity contribution in [3.05, 3.63) is 29.8 Å². The maximum Gasteiger partial charge on any atom is 0.321 e. The number of benzene rings is 1. The minimum absolute atomic E-state index is 0.0351. The van der Waals surface area contributed by atoms with E-state index in [0.717, 1.165) is 43.4 Å². The Kier molecular flexibility index (Phi) is 7.07. The van der Waals surface area contributed by atoms with Crippen molar-refractivity contribution in [1.29, 1.82) is 0 Å². The molecule has 0 unspecified atom stereocenters. The third kappa shape index (κ3) is 5.17. The molecular formula is C22H29N3O5. The van der Waals surface area contributed by atoms with Crippen LogP contribution in [-0.2, 0) is 25.5 Å². The molecule has 1 heterocycles. The van der Waals surface area contributed by atoms with Crippen LogP contribution in [0.5, 0.6) is 0 Å². The van der Waals surface area contributed by atoms with Crippen LogP contribution in [0.1, 0.15) is 51.5 Å². The summed E-state index contributed by atoms with van der Waals surface area (Å²) in [5.41, 5.74) is 1.83. The summed E-state index contributed by atoms with van der Waals surface area (Å²) in [6.45, 7) is 3.64. The van der Waals surface area contributed by atoms with Crippen LogP contribution < -0.4 is 15.5 Å². The largest absolute Gasteiger partial charge is 0.452 e. The topological polar surface area (TPSA) is 105 Å². The summed E-state index contributed by atoms with van der Waals surface area (Å²) in [7, 11) is 0. The van der Waals surface area contributed by atoms with Crippen molar-refractivity contribution < 1.29 is 23.9 Å². The van der Waals surface area contributed by atoms with E-state index in [-0.39, 0.29) is 24.9 Å². The number of carbonyl (C=O) groups is 4. The predicted octanol–water partition coefficient (Wildman–Crippen LogP) is 2.30. The van der Waals surface area contributed by atoms with E-state index in [1.807, 2.05) is 31.2 Å². The first-order valence-electron chi connectivity index (χ1n) is 10.6. The van der Waals surface area contributed by atoms with Crippen LogP contribution >= 0.6 is 0 Å². The summed E-state index contributed by atoms with van der Waals surface area (Å²) in [4.78, 5) is 50.7. The second-order valence-corrected chi connectivity index (χ2v) is 7.91. The Balaban J connectivity index is 1.52. The molecule has 2 aliphatic rings. The van der Waals surface area contributed by atoms with E-state index in [2.05, 4.69) is 10.6 Å². The Morgan fingerprint density at radius 2 is 1.90 bits per heavy atom. The van der Waals surface area contributed by atoms with Crippen molar-refractivity contribution in [2.45, 2.75) is 64.5 Å². The molecule has 8 nitrogen and oxygen atoms in total. The zero-order valence-electron chi connectivity index (χ0n) is 17.5. The highest BCUT2D eigenvalue weighted by Gasteiger charge is 2.38. The van der Waals surface area contributed by atoms with Gasteiger partial charge in [0.15, 0.2) is 6.10 Å². The van der Waals surface area contributed by atoms with E-state index >= 15 is 0 Å². The van der Waals surface area contributed by atoms with E-state index in [0.29, 0.717) is 0 Å². The molecule has 1 saturated carbocycles. The quantitative estimate of drug-likeness (QED) is 0.694. The second kappa shape index (κ2) is 9.73. The molecule has 162 valence electrons. The minimum Gasteiger partial charge on any atom is -0.452 e. The standard InChI is InChI=1S/C22H29N3O5/c1-3-15-8-4-7-11-18(15)25-13-16(12-19(25)26)21(28)30-14(2)20(27)24-22(29)23-17-9-5-6-10-17/h4,7-8,11,14,16-17H,3,5-6,9-10,12-13H2,1-2H3,(H2,23,24,27,29)/t14-,16-/m1/s1. The van der Waals surface area contributed by atoms with Crippen LogP contribution in [-0.4, -0.2) is 42.5 Å². The Hall–Kier alpha value is -2.90. The van der Waals surface area contributed by atoms with Crippen molar-refractivity contribution >= 4 is 29.5 Å². The molecule has 1 aromatic carbocycles. The van der Waals surface area contributed by atoms with Gasteiger partial charge in [0.05, 0.1) is 5.92 Å². The van der Waals surface area contributed by atoms with Gasteiger partial charge in [-0.15, -0.1) is 0 Å². The summed E-state index contributed by atoms with van der Waals surface area (Å²) >= 11 is 0. The van der Waals surface area contributed by atoms with Crippen LogP contribution in [0.25, 0.3) is 0 Å². The lowest BCUT2D eigenvalue weighted by molar-refractivity contribution is -0.158. The number of hydrogen-bond acceptors (Lipinski definition) is 5. The molecule has 1 aliphatic carbocycles. The van der Waals surface area contributed by atoms with Gasteiger partial charge in [-0.3, -0.25) is 19.7 Å². The highest BCUT2D eigenvalue weighted by molar-refractivity contribution is 6.01. The summed E-state index contributed by atoms with van der Waals surface area (Å²) in [6, 6.07) is 7.10. The summed E-state index contributed by atoms with van der Waals surface area (Å²) in [5, 5.41) is 4.97. The molecule has 3 rings (SSSR count). The molecule has 1 aliphatic heterocycles. The average Bonchev–Trinajstić information content (AvgIpc) is 3.37. The number of ether oxygens (including phenoxy) is 1. The number of amides is 4. The molecule has 0 radical (unpaired) electrons. The maximum atomic E-state index is 12.5. The van der Waals surface area contributed by atoms with Crippen molar-refractivity contribution in [2.75, 3.05) is 11.4 Å². The van der Waals surface area contributed by atoms with E-state index in [9.17, 15) is 19.2 Å². The van der Waals surface area contributed by atoms with Crippen LogP contribution in [0.15, 0.2) is 24.3 Å². The van der Waals surface area contributed by atoms with Crippen LogP contribution in [0.2, 0.25) is 0 Å². The average molecular weight is 415 g/mol. The monoisotopic (exact) mass is 415 g/mol. The van der Waals surface area contributed by atoms with Crippen molar-refractivity contribution in [3.63, 3.8) is 0 Å². The fourth-order valence-electron chi connectivity index (χ4n) is 4.00. The molecule has 1 saturated heterocycles. The Morgan fingerprint density at radius 3 is 2.60 bits per heavy atom. The summed E-state index contributed by atoms with van der Waals surface area (Å²) in [6.07, 6.45) is 3.61. The molecule has 8 heteroatoms. The molecule has 1 aromatic rings. The molecule has 0 spiro atoms. The lowest BCUT2D eigenvalue weighted by atomic mass is 10.1. The Bertz CT molecular complexity index is 819. The molecule has 30 heavy (non-hydrogen) atoms. The lowest BCUT2D eigenvalue weighted by Crippen LogP contribution is -2.47. The number of esters is 1. The van der Waals surface area contributed by atoms with Gasteiger partial charge in [0.1, 0.15) is 0 Å². The van der Waals surface area contributed by atoms with E-state index in [4.69, 9.17) is 4.74 Å². The van der Waals surface area contributed by atoms with Gasteiger partial charge in [0, 0.05) is 24.7 Å². The molecule has 2 fully saturated rings. The number of carbonyl (C=O) groups excluding carboxylic acids is 4. The maximum absolute atomic E-state index is 12.5. The molecule has 2 N–H and O–H groups in total. The minimum atomic E-state index is -1.13. The van der Waals surface area contributed by atoms with Crippen LogP contribution in [0.3, 0.4) is 0 Å². The molecule has 4 amide bonds. The molecule has 0 bridgehead atoms. The van der Waals surface area contributed by atoms with E-state index in [1.165, 1.54) is 6.92 Å². The van der Waals surface area contributed by atoms with Crippen molar-refractivity contribution in [3.8, 4) is 0 Å². The number of rotatable bonds is 6. The van der Waals surface area contributed by atoms with Crippen molar-refractivity contribution in [1.82, 2.24) is 10.6 Å². The number of para-hydroxylation sites is 1. The fraction of sp³-hybridized carbons (Fsp3) is 0.545. The summed E-state index contributed by atoms with van der Waals surface area (Å²) in [5.74, 6) is -2.09. The van der Waals surface area contributed by atoms with E-state index in [1.54, 1.807) is 4.90 Å². The predicted molar refractivity (Wildman–Crippen MR) is 111 cm³/mol. The Morgan fingerprint density at radius 1 is 1.20 bits per heavy atom. The number of urea groups is 1. The third-order valence-electron chi connectivity index (χ3n) is 5.71. The van der Waals surface area contributed by atoms with E-state index < -0.39 is 29.9 Å². The van der Waals surface area contributed by atoms with Gasteiger partial charge >= 0.3 is 12.0 Å². The zero-order valence-corrected chi connectivity index (χ0v) is 17.5. The lowest BCUT2D eigenvalue weighted by Gasteiger charge is -2.20. The first kappa shape index (κ1) is 21.8. The number of nitrogens with one attached hydrogen (secondary N) is 2. The van der Waals surface area contributed by atoms with Crippen molar-refractivity contribution in [2.24, 2.45) is 5.92 Å². The third-order valence-corrected chi connectivity index (χ3v) is 5.71. The van der Waals surface area contributed by atoms with Gasteiger partial charge in [-0.05, 0) is 37.8 Å². The normalized spacial score (nSPS) is 20.1. The molecule has 0 aromatic heterocycles. The Labute approximate surface area is 176 Å². The molecular weight excluding hydrogens is 386 g/mol. The molecule has 2 atom stereocenters. The number of aryl methyl sites for hydroxylation is 1. The number of hydrogen-bond donors (Lipinski definition) is 2. The first-order chi connectivity index (χ1) is 14.4. The van der Waals surface area contributed by atoms with Gasteiger partial charge in [0.2, 0.25) is 5.91 Å². The number of imide groups is 1. The van der Waals surface area contributed by atoms with Gasteiger partial charge in [-0.1, -0.05) is 38.0 Å². The first-order valence-corrected chi connectivity index (χ1v) is 10.6. The number of anilines is 1. The second-order valence-electron chi connectivity index (χ2n) is 7.91. The fourth-order valence-corrected chi connectivity index (χ4v) is 4.00. The highest BCUT2D eigenvalue weighted by Crippen LogP contribution is 2.29. The zero-order chi connectivity index (χ0) is 21.7.